The lowest BCUT2D eigenvalue weighted by molar-refractivity contribution is -0.189. The molecule has 0 heterocycles. The summed E-state index contributed by atoms with van der Waals surface area (Å²) in [6.45, 7) is -1.09. The van der Waals surface area contributed by atoms with Crippen LogP contribution in [0.5, 0.6) is 17.2 Å². The maximum absolute atomic E-state index is 15.1. The van der Waals surface area contributed by atoms with Gasteiger partial charge in [-0.15, -0.1) is 0 Å². The zero-order chi connectivity index (χ0) is 24.2. The van der Waals surface area contributed by atoms with Gasteiger partial charge in [0.05, 0.1) is 5.56 Å². The van der Waals surface area contributed by atoms with Gasteiger partial charge < -0.3 is 14.6 Å². The monoisotopic (exact) mass is 470 g/mol. The predicted octanol–water partition coefficient (Wildman–Crippen LogP) is 7.41. The highest BCUT2D eigenvalue weighted by atomic mass is 19.3. The SMILES string of the molecule is CCCCc1ccc(-c2c(O)cc(F)c(C(F)(F)Oc3ccc(OC(F)F)cc3)c2F)cc1. The summed E-state index contributed by atoms with van der Waals surface area (Å²) in [5.41, 5.74) is -1.28. The molecule has 0 aliphatic rings. The number of hydrogen-bond donors (Lipinski definition) is 1. The van der Waals surface area contributed by atoms with Gasteiger partial charge in [-0.1, -0.05) is 37.6 Å². The van der Waals surface area contributed by atoms with Crippen molar-refractivity contribution in [1.82, 2.24) is 0 Å². The number of aromatic hydroxyl groups is 1. The highest BCUT2D eigenvalue weighted by molar-refractivity contribution is 5.72. The molecule has 0 amide bonds. The number of alkyl halides is 4. The Labute approximate surface area is 186 Å². The second-order valence-corrected chi connectivity index (χ2v) is 7.21. The van der Waals surface area contributed by atoms with Crippen LogP contribution in [-0.4, -0.2) is 11.7 Å². The fourth-order valence-electron chi connectivity index (χ4n) is 3.26. The fourth-order valence-corrected chi connectivity index (χ4v) is 3.26. The van der Waals surface area contributed by atoms with Gasteiger partial charge in [0.1, 0.15) is 28.6 Å². The van der Waals surface area contributed by atoms with Crippen molar-refractivity contribution in [3.8, 4) is 28.4 Å². The molecule has 0 saturated carbocycles. The zero-order valence-electron chi connectivity index (χ0n) is 17.4. The largest absolute Gasteiger partial charge is 0.507 e. The fraction of sp³-hybridized carbons (Fsp3) is 0.250. The van der Waals surface area contributed by atoms with E-state index < -0.39 is 47.0 Å². The second kappa shape index (κ2) is 10.1. The smallest absolute Gasteiger partial charge is 0.432 e. The number of benzene rings is 3. The molecule has 3 aromatic carbocycles. The number of halogens is 6. The first-order chi connectivity index (χ1) is 15.6. The van der Waals surface area contributed by atoms with E-state index >= 15 is 4.39 Å². The normalized spacial score (nSPS) is 11.6. The van der Waals surface area contributed by atoms with Gasteiger partial charge in [0.15, 0.2) is 5.82 Å². The Hall–Kier alpha value is -3.36. The summed E-state index contributed by atoms with van der Waals surface area (Å²) < 4.78 is 92.0. The lowest BCUT2D eigenvalue weighted by Crippen LogP contribution is -2.25. The number of rotatable bonds is 9. The third kappa shape index (κ3) is 5.71. The molecule has 1 N–H and O–H groups in total. The number of phenolic OH excluding ortho intramolecular Hbond substituents is 1. The number of hydrogen-bond acceptors (Lipinski definition) is 3. The lowest BCUT2D eigenvalue weighted by Gasteiger charge is -2.21. The van der Waals surface area contributed by atoms with Crippen molar-refractivity contribution < 1.29 is 40.9 Å². The van der Waals surface area contributed by atoms with E-state index in [4.69, 9.17) is 0 Å². The third-order valence-corrected chi connectivity index (χ3v) is 4.84. The average Bonchev–Trinajstić information content (AvgIpc) is 2.73. The molecule has 0 radical (unpaired) electrons. The number of phenols is 1. The van der Waals surface area contributed by atoms with Gasteiger partial charge in [0.2, 0.25) is 0 Å². The molecular formula is C24H20F6O3. The molecule has 0 aliphatic heterocycles. The first kappa shape index (κ1) is 24.3. The van der Waals surface area contributed by atoms with Crippen LogP contribution in [0.2, 0.25) is 0 Å². The van der Waals surface area contributed by atoms with Crippen LogP contribution >= 0.6 is 0 Å². The van der Waals surface area contributed by atoms with Gasteiger partial charge in [-0.3, -0.25) is 0 Å². The van der Waals surface area contributed by atoms with Gasteiger partial charge in [-0.2, -0.15) is 17.6 Å². The minimum Gasteiger partial charge on any atom is -0.507 e. The van der Waals surface area contributed by atoms with Crippen molar-refractivity contribution >= 4 is 0 Å². The molecule has 3 nitrogen and oxygen atoms in total. The minimum absolute atomic E-state index is 0.0794. The summed E-state index contributed by atoms with van der Waals surface area (Å²) in [7, 11) is 0. The van der Waals surface area contributed by atoms with Crippen LogP contribution in [0, 0.1) is 11.6 Å². The van der Waals surface area contributed by atoms with Crippen molar-refractivity contribution in [1.29, 1.82) is 0 Å². The van der Waals surface area contributed by atoms with Crippen molar-refractivity contribution in [3.63, 3.8) is 0 Å². The molecule has 0 atom stereocenters. The van der Waals surface area contributed by atoms with Crippen LogP contribution in [-0.2, 0) is 12.5 Å². The molecule has 3 aromatic rings. The molecule has 176 valence electrons. The van der Waals surface area contributed by atoms with Crippen LogP contribution < -0.4 is 9.47 Å². The van der Waals surface area contributed by atoms with E-state index in [0.717, 1.165) is 49.1 Å². The van der Waals surface area contributed by atoms with Gasteiger partial charge in [-0.05, 0) is 48.2 Å². The Morgan fingerprint density at radius 2 is 1.55 bits per heavy atom. The Bertz CT molecular complexity index is 1080. The van der Waals surface area contributed by atoms with Gasteiger partial charge >= 0.3 is 12.7 Å². The predicted molar refractivity (Wildman–Crippen MR) is 110 cm³/mol. The molecule has 0 bridgehead atoms. The number of unbranched alkanes of at least 4 members (excludes halogenated alkanes) is 1. The molecular weight excluding hydrogens is 450 g/mol. The van der Waals surface area contributed by atoms with E-state index in [0.29, 0.717) is 6.07 Å². The van der Waals surface area contributed by atoms with Crippen LogP contribution in [0.15, 0.2) is 54.6 Å². The van der Waals surface area contributed by atoms with Gasteiger partial charge in [-0.25, -0.2) is 8.78 Å². The van der Waals surface area contributed by atoms with Crippen LogP contribution in [0.1, 0.15) is 30.9 Å². The first-order valence-electron chi connectivity index (χ1n) is 10.0. The van der Waals surface area contributed by atoms with Crippen molar-refractivity contribution in [2.45, 2.75) is 38.9 Å². The molecule has 0 saturated heterocycles. The van der Waals surface area contributed by atoms with Gasteiger partial charge in [0.25, 0.3) is 0 Å². The quantitative estimate of drug-likeness (QED) is 0.331. The van der Waals surface area contributed by atoms with Crippen LogP contribution in [0.3, 0.4) is 0 Å². The third-order valence-electron chi connectivity index (χ3n) is 4.84. The molecule has 33 heavy (non-hydrogen) atoms. The molecule has 0 aliphatic carbocycles. The topological polar surface area (TPSA) is 38.7 Å². The number of ether oxygens (including phenoxy) is 2. The van der Waals surface area contributed by atoms with E-state index in [1.54, 1.807) is 12.1 Å². The van der Waals surface area contributed by atoms with Gasteiger partial charge in [0, 0.05) is 6.07 Å². The Morgan fingerprint density at radius 1 is 0.939 bits per heavy atom. The van der Waals surface area contributed by atoms with E-state index in [1.165, 1.54) is 12.1 Å². The molecule has 9 heteroatoms. The molecule has 0 aromatic heterocycles. The van der Waals surface area contributed by atoms with E-state index in [9.17, 15) is 27.1 Å². The summed E-state index contributed by atoms with van der Waals surface area (Å²) in [6.07, 6.45) is -1.82. The second-order valence-electron chi connectivity index (χ2n) is 7.21. The zero-order valence-corrected chi connectivity index (χ0v) is 17.4. The van der Waals surface area contributed by atoms with Crippen molar-refractivity contribution in [3.05, 3.63) is 77.4 Å². The van der Waals surface area contributed by atoms with Crippen LogP contribution in [0.25, 0.3) is 11.1 Å². The van der Waals surface area contributed by atoms with Crippen molar-refractivity contribution in [2.75, 3.05) is 0 Å². The first-order valence-corrected chi connectivity index (χ1v) is 10.0. The average molecular weight is 470 g/mol. The minimum atomic E-state index is -4.48. The summed E-state index contributed by atoms with van der Waals surface area (Å²) in [5.74, 6) is -5.10. The Balaban J connectivity index is 1.94. The highest BCUT2D eigenvalue weighted by Crippen LogP contribution is 2.42. The molecule has 0 unspecified atom stereocenters. The molecule has 3 rings (SSSR count). The molecule has 0 spiro atoms. The lowest BCUT2D eigenvalue weighted by atomic mass is 9.97. The Kier molecular flexibility index (Phi) is 7.40. The summed E-state index contributed by atoms with van der Waals surface area (Å²) in [6, 6.07) is 10.3. The summed E-state index contributed by atoms with van der Waals surface area (Å²) in [4.78, 5) is 0. The summed E-state index contributed by atoms with van der Waals surface area (Å²) >= 11 is 0. The standard InChI is InChI=1S/C24H20F6O3/c1-2-3-4-14-5-7-15(8-6-14)20-19(31)13-18(25)21(22(20)26)24(29,30)33-17-11-9-16(10-12-17)32-23(27)28/h5-13,23,31H,2-4H2,1H3. The maximum atomic E-state index is 15.1. The highest BCUT2D eigenvalue weighted by Gasteiger charge is 2.42. The molecule has 0 fully saturated rings. The van der Waals surface area contributed by atoms with E-state index in [-0.39, 0.29) is 11.3 Å². The number of aryl methyl sites for hydroxylation is 1. The maximum Gasteiger partial charge on any atom is 0.432 e. The Morgan fingerprint density at radius 3 is 2.12 bits per heavy atom. The summed E-state index contributed by atoms with van der Waals surface area (Å²) in [5, 5.41) is 10.1. The van der Waals surface area contributed by atoms with E-state index in [2.05, 4.69) is 9.47 Å². The van der Waals surface area contributed by atoms with Crippen LogP contribution in [0.4, 0.5) is 26.3 Å². The van der Waals surface area contributed by atoms with Crippen molar-refractivity contribution in [2.24, 2.45) is 0 Å². The van der Waals surface area contributed by atoms with E-state index in [1.807, 2.05) is 6.92 Å².